The lowest BCUT2D eigenvalue weighted by atomic mass is 9.86. The second kappa shape index (κ2) is 9.28. The zero-order valence-electron chi connectivity index (χ0n) is 19.6. The number of Topliss-reactive ketones (excluding diaryl/α,β-unsaturated/α-hetero) is 2. The van der Waals surface area contributed by atoms with Crippen molar-refractivity contribution in [2.75, 3.05) is 26.9 Å². The zero-order chi connectivity index (χ0) is 23.6. The maximum absolute atomic E-state index is 12.7. The number of fused-ring (bicyclic) bond motifs is 3. The van der Waals surface area contributed by atoms with Crippen LogP contribution in [0.3, 0.4) is 0 Å². The molecule has 0 fully saturated rings. The molecule has 1 aliphatic heterocycles. The van der Waals surface area contributed by atoms with Gasteiger partial charge >= 0.3 is 0 Å². The van der Waals surface area contributed by atoms with E-state index in [1.807, 2.05) is 4.57 Å². The molecule has 0 saturated carbocycles. The van der Waals surface area contributed by atoms with Crippen molar-refractivity contribution in [3.8, 4) is 22.8 Å². The lowest BCUT2D eigenvalue weighted by molar-refractivity contribution is 0.1000. The van der Waals surface area contributed by atoms with Crippen molar-refractivity contribution < 1.29 is 23.8 Å². The van der Waals surface area contributed by atoms with Crippen LogP contribution in [0.1, 0.15) is 67.8 Å². The monoisotopic (exact) mass is 441 g/mol. The third kappa shape index (κ3) is 4.78. The van der Waals surface area contributed by atoms with Crippen molar-refractivity contribution in [2.24, 2.45) is 5.41 Å². The van der Waals surface area contributed by atoms with Crippen molar-refractivity contribution in [1.29, 1.82) is 0 Å². The van der Waals surface area contributed by atoms with E-state index in [-0.39, 0.29) is 34.0 Å². The molecule has 2 aromatic rings. The largest absolute Gasteiger partial charge is 0.493 e. The van der Waals surface area contributed by atoms with Crippen LogP contribution in [0.5, 0.6) is 11.5 Å². The van der Waals surface area contributed by atoms with Gasteiger partial charge in [-0.3, -0.25) is 14.4 Å². The number of methoxy groups -OCH3 is 1. The predicted molar refractivity (Wildman–Crippen MR) is 122 cm³/mol. The number of nitrogens with zero attached hydrogens (tertiary/aromatic N) is 1. The predicted octanol–water partition coefficient (Wildman–Crippen LogP) is 4.32. The summed E-state index contributed by atoms with van der Waals surface area (Å²) < 4.78 is 19.1. The van der Waals surface area contributed by atoms with E-state index in [2.05, 4.69) is 20.8 Å². The number of aromatic nitrogens is 1. The van der Waals surface area contributed by atoms with Crippen LogP contribution in [-0.2, 0) is 4.74 Å². The fraction of sp³-hybridized carbons (Fsp3) is 0.480. The highest BCUT2D eigenvalue weighted by Gasteiger charge is 2.33. The van der Waals surface area contributed by atoms with Crippen LogP contribution in [0, 0.1) is 5.41 Å². The lowest BCUT2D eigenvalue weighted by Crippen LogP contribution is -2.31. The first-order chi connectivity index (χ1) is 15.0. The van der Waals surface area contributed by atoms with Crippen molar-refractivity contribution in [3.05, 3.63) is 45.7 Å². The summed E-state index contributed by atoms with van der Waals surface area (Å²) >= 11 is 0. The Balaban J connectivity index is 2.21. The fourth-order valence-corrected chi connectivity index (χ4v) is 3.86. The summed E-state index contributed by atoms with van der Waals surface area (Å²) in [5.74, 6) is 0.538. The average Bonchev–Trinajstić information content (AvgIpc) is 2.85. The third-order valence-electron chi connectivity index (χ3n) is 5.68. The van der Waals surface area contributed by atoms with Crippen molar-refractivity contribution in [3.63, 3.8) is 0 Å². The summed E-state index contributed by atoms with van der Waals surface area (Å²) in [6, 6.07) is 4.76. The van der Waals surface area contributed by atoms with Crippen LogP contribution in [0.25, 0.3) is 11.3 Å². The van der Waals surface area contributed by atoms with Gasteiger partial charge < -0.3 is 18.8 Å². The fourth-order valence-electron chi connectivity index (χ4n) is 3.86. The molecule has 0 bridgehead atoms. The molecule has 1 atom stereocenters. The summed E-state index contributed by atoms with van der Waals surface area (Å²) in [7, 11) is 1.62. The number of carbonyl (C=O) groups is 2. The molecule has 0 unspecified atom stereocenters. The van der Waals surface area contributed by atoms with Gasteiger partial charge in [-0.05, 0) is 25.3 Å². The van der Waals surface area contributed by atoms with E-state index >= 15 is 0 Å². The molecule has 1 aliphatic rings. The molecule has 0 aliphatic carbocycles. The number of carbonyl (C=O) groups excluding carboxylic acids is 2. The molecule has 7 nitrogen and oxygen atoms in total. The van der Waals surface area contributed by atoms with E-state index in [4.69, 9.17) is 14.2 Å². The number of benzene rings is 1. The minimum Gasteiger partial charge on any atom is -0.493 e. The van der Waals surface area contributed by atoms with Gasteiger partial charge in [0, 0.05) is 44.0 Å². The van der Waals surface area contributed by atoms with Gasteiger partial charge in [0.1, 0.15) is 18.1 Å². The summed E-state index contributed by atoms with van der Waals surface area (Å²) in [6.45, 7) is 10.4. The molecule has 0 radical (unpaired) electrons. The Morgan fingerprint density at radius 3 is 2.38 bits per heavy atom. The Morgan fingerprint density at radius 2 is 1.78 bits per heavy atom. The van der Waals surface area contributed by atoms with Gasteiger partial charge in [0.2, 0.25) is 0 Å². The number of ether oxygens (including phenoxy) is 3. The molecule has 0 spiro atoms. The van der Waals surface area contributed by atoms with Crippen molar-refractivity contribution >= 4 is 11.6 Å². The summed E-state index contributed by atoms with van der Waals surface area (Å²) in [4.78, 5) is 37.2. The highest BCUT2D eigenvalue weighted by Crippen LogP contribution is 2.43. The normalized spacial score (nSPS) is 15.2. The molecule has 7 heteroatoms. The standard InChI is InChI=1S/C25H31NO6/c1-15(27)17-10-18-20-11-21(29)19(16(2)28)13-26(20)24(25(3,4)5)14-32-23(18)12-22(17)31-9-7-8-30-6/h10-13,24H,7-9,14H2,1-6H3/t24-/m0/s1. The first-order valence-corrected chi connectivity index (χ1v) is 10.8. The van der Waals surface area contributed by atoms with Gasteiger partial charge in [0.05, 0.1) is 29.5 Å². The topological polar surface area (TPSA) is 83.8 Å². The number of rotatable bonds is 7. The first-order valence-electron chi connectivity index (χ1n) is 10.8. The van der Waals surface area contributed by atoms with E-state index in [0.717, 1.165) is 0 Å². The molecule has 1 aromatic carbocycles. The van der Waals surface area contributed by atoms with Gasteiger partial charge in [-0.25, -0.2) is 0 Å². The number of hydrogen-bond donors (Lipinski definition) is 0. The Hall–Kier alpha value is -2.93. The molecule has 1 aromatic heterocycles. The quantitative estimate of drug-likeness (QED) is 0.470. The molecular formula is C25H31NO6. The summed E-state index contributed by atoms with van der Waals surface area (Å²) in [5.41, 5.74) is 1.21. The van der Waals surface area contributed by atoms with Gasteiger partial charge in [-0.15, -0.1) is 0 Å². The summed E-state index contributed by atoms with van der Waals surface area (Å²) in [6.07, 6.45) is 2.31. The van der Waals surface area contributed by atoms with E-state index in [1.165, 1.54) is 19.9 Å². The summed E-state index contributed by atoms with van der Waals surface area (Å²) in [5, 5.41) is 0. The van der Waals surface area contributed by atoms with Crippen LogP contribution in [0.15, 0.2) is 29.2 Å². The minimum absolute atomic E-state index is 0.135. The smallest absolute Gasteiger partial charge is 0.192 e. The maximum Gasteiger partial charge on any atom is 0.192 e. The van der Waals surface area contributed by atoms with E-state index in [0.29, 0.717) is 54.6 Å². The number of ketones is 2. The van der Waals surface area contributed by atoms with Gasteiger partial charge in [-0.2, -0.15) is 0 Å². The second-order valence-electron chi connectivity index (χ2n) is 9.19. The van der Waals surface area contributed by atoms with Crippen LogP contribution in [0.4, 0.5) is 0 Å². The van der Waals surface area contributed by atoms with Gasteiger partial charge in [0.25, 0.3) is 0 Å². The van der Waals surface area contributed by atoms with Crippen LogP contribution >= 0.6 is 0 Å². The molecule has 32 heavy (non-hydrogen) atoms. The number of hydrogen-bond acceptors (Lipinski definition) is 6. The second-order valence-corrected chi connectivity index (χ2v) is 9.19. The Labute approximate surface area is 188 Å². The highest BCUT2D eigenvalue weighted by atomic mass is 16.5. The van der Waals surface area contributed by atoms with Gasteiger partial charge in [0.15, 0.2) is 17.0 Å². The SMILES string of the molecule is COCCCOc1cc2c(cc1C(C)=O)-c1cc(=O)c(C(C)=O)cn1[C@H](C(C)(C)C)CO2. The van der Waals surface area contributed by atoms with E-state index < -0.39 is 0 Å². The molecule has 0 amide bonds. The lowest BCUT2D eigenvalue weighted by Gasteiger charge is -2.32. The molecule has 0 saturated heterocycles. The Kier molecular flexibility index (Phi) is 6.88. The Morgan fingerprint density at radius 1 is 1.09 bits per heavy atom. The highest BCUT2D eigenvalue weighted by molar-refractivity contribution is 5.99. The zero-order valence-corrected chi connectivity index (χ0v) is 19.6. The van der Waals surface area contributed by atoms with Crippen LogP contribution in [-0.4, -0.2) is 43.1 Å². The molecule has 172 valence electrons. The van der Waals surface area contributed by atoms with Crippen LogP contribution in [0.2, 0.25) is 0 Å². The first kappa shape index (κ1) is 23.7. The van der Waals surface area contributed by atoms with E-state index in [1.54, 1.807) is 25.4 Å². The molecule has 3 rings (SSSR count). The average molecular weight is 442 g/mol. The van der Waals surface area contributed by atoms with Crippen molar-refractivity contribution in [2.45, 2.75) is 47.1 Å². The van der Waals surface area contributed by atoms with E-state index in [9.17, 15) is 14.4 Å². The minimum atomic E-state index is -0.353. The van der Waals surface area contributed by atoms with Gasteiger partial charge in [-0.1, -0.05) is 20.8 Å². The molecule has 2 heterocycles. The number of pyridine rings is 1. The van der Waals surface area contributed by atoms with Crippen LogP contribution < -0.4 is 14.9 Å². The third-order valence-corrected chi connectivity index (χ3v) is 5.68. The molecule has 0 N–H and O–H groups in total. The Bertz CT molecular complexity index is 1090. The van der Waals surface area contributed by atoms with Crippen molar-refractivity contribution in [1.82, 2.24) is 4.57 Å². The molecular weight excluding hydrogens is 410 g/mol. The maximum atomic E-state index is 12.7.